The zero-order valence-corrected chi connectivity index (χ0v) is 7.29. The van der Waals surface area contributed by atoms with Crippen LogP contribution in [0.1, 0.15) is 16.2 Å². The van der Waals surface area contributed by atoms with Gasteiger partial charge < -0.3 is 5.21 Å². The van der Waals surface area contributed by atoms with Gasteiger partial charge in [0.1, 0.15) is 0 Å². The molecular weight excluding hydrogens is 216 g/mol. The van der Waals surface area contributed by atoms with E-state index in [1.165, 1.54) is 6.92 Å². The lowest BCUT2D eigenvalue weighted by Gasteiger charge is -1.89. The third-order valence-electron chi connectivity index (χ3n) is 1.16. The summed E-state index contributed by atoms with van der Waals surface area (Å²) >= 11 is 2.93. The third-order valence-corrected chi connectivity index (χ3v) is 1.67. The Morgan fingerprint density at radius 2 is 2.55 bits per heavy atom. The van der Waals surface area contributed by atoms with Crippen LogP contribution in [0.2, 0.25) is 0 Å². The van der Waals surface area contributed by atoms with Crippen molar-refractivity contribution in [1.82, 2.24) is 5.16 Å². The Kier molecular flexibility index (Phi) is 2.23. The summed E-state index contributed by atoms with van der Waals surface area (Å²) in [6.45, 7) is 1.54. The molecule has 6 heteroatoms. The summed E-state index contributed by atoms with van der Waals surface area (Å²) in [6.07, 6.45) is 0. The highest BCUT2D eigenvalue weighted by atomic mass is 79.9. The lowest BCUT2D eigenvalue weighted by molar-refractivity contribution is -0.803. The summed E-state index contributed by atoms with van der Waals surface area (Å²) in [7, 11) is 0. The van der Waals surface area contributed by atoms with Gasteiger partial charge in [-0.1, -0.05) is 15.9 Å². The lowest BCUT2D eigenvalue weighted by Crippen LogP contribution is -2.31. The van der Waals surface area contributed by atoms with Gasteiger partial charge in [0, 0.05) is 12.1 Å². The van der Waals surface area contributed by atoms with Crippen LogP contribution in [0.5, 0.6) is 0 Å². The Morgan fingerprint density at radius 1 is 1.91 bits per heavy atom. The van der Waals surface area contributed by atoms with Crippen LogP contribution in [0.4, 0.5) is 0 Å². The van der Waals surface area contributed by atoms with Crippen molar-refractivity contribution < 1.29 is 14.3 Å². The normalized spacial score (nSPS) is 10.0. The summed E-state index contributed by atoms with van der Waals surface area (Å²) in [4.78, 5) is 11.1. The van der Waals surface area contributed by atoms with Gasteiger partial charge in [-0.25, -0.2) is 0 Å². The Hall–Kier alpha value is -0.910. The van der Waals surface area contributed by atoms with E-state index < -0.39 is 0 Å². The number of rotatable bonds is 2. The molecule has 5 nitrogen and oxygen atoms in total. The van der Waals surface area contributed by atoms with Gasteiger partial charge in [-0.05, 0) is 4.90 Å². The molecule has 60 valence electrons. The number of nitrogens with zero attached hydrogens (tertiary/aromatic N) is 2. The highest BCUT2D eigenvalue weighted by Crippen LogP contribution is 2.01. The van der Waals surface area contributed by atoms with E-state index >= 15 is 0 Å². The fourth-order valence-corrected chi connectivity index (χ4v) is 0.947. The van der Waals surface area contributed by atoms with E-state index in [0.29, 0.717) is 5.69 Å². The van der Waals surface area contributed by atoms with Crippen molar-refractivity contribution in [1.29, 1.82) is 0 Å². The second-order valence-corrected chi connectivity index (χ2v) is 2.48. The first-order valence-corrected chi connectivity index (χ1v) is 3.94. The maximum Gasteiger partial charge on any atom is 0.264 e. The van der Waals surface area contributed by atoms with Crippen molar-refractivity contribution in [3.8, 4) is 0 Å². The lowest BCUT2D eigenvalue weighted by atomic mass is 10.3. The predicted octanol–water partition coefficient (Wildman–Crippen LogP) is 0.194. The second-order valence-electron chi connectivity index (χ2n) is 1.92. The predicted molar refractivity (Wildman–Crippen MR) is 38.3 cm³/mol. The zero-order chi connectivity index (χ0) is 8.43. The molecule has 1 heterocycles. The summed E-state index contributed by atoms with van der Waals surface area (Å²) in [5, 5.41) is 14.1. The van der Waals surface area contributed by atoms with Crippen molar-refractivity contribution in [3.63, 3.8) is 0 Å². The van der Waals surface area contributed by atoms with Crippen LogP contribution in [0.25, 0.3) is 0 Å². The average Bonchev–Trinajstić information content (AvgIpc) is 2.30. The monoisotopic (exact) mass is 220 g/mol. The number of Topliss-reactive ketones (excluding diaryl/α,β-unsaturated/α-hetero) is 1. The topological polar surface area (TPSA) is 70.0 Å². The van der Waals surface area contributed by atoms with Gasteiger partial charge in [-0.15, -0.1) is 0 Å². The molecule has 0 amide bonds. The van der Waals surface area contributed by atoms with Gasteiger partial charge in [-0.3, -0.25) is 9.42 Å². The van der Waals surface area contributed by atoms with Crippen molar-refractivity contribution >= 4 is 21.7 Å². The first kappa shape index (κ1) is 8.19. The molecule has 1 aromatic heterocycles. The number of hydrogen-bond acceptors (Lipinski definition) is 4. The van der Waals surface area contributed by atoms with E-state index in [1.807, 2.05) is 0 Å². The largest absolute Gasteiger partial charge is 0.359 e. The van der Waals surface area contributed by atoms with E-state index in [0.717, 1.165) is 0 Å². The van der Waals surface area contributed by atoms with Crippen molar-refractivity contribution in [2.24, 2.45) is 0 Å². The third kappa shape index (κ3) is 1.40. The number of carbonyl (C=O) groups excluding carboxylic acids is 1. The molecule has 0 bridgehead atoms. The molecule has 0 unspecified atom stereocenters. The zero-order valence-electron chi connectivity index (χ0n) is 5.70. The van der Waals surface area contributed by atoms with Gasteiger partial charge in [0.15, 0.2) is 0 Å². The molecule has 0 N–H and O–H groups in total. The second kappa shape index (κ2) is 3.00. The minimum atomic E-state index is -0.334. The molecule has 0 spiro atoms. The van der Waals surface area contributed by atoms with E-state index in [9.17, 15) is 10.0 Å². The van der Waals surface area contributed by atoms with E-state index in [1.54, 1.807) is 0 Å². The minimum Gasteiger partial charge on any atom is -0.359 e. The molecule has 0 aliphatic heterocycles. The molecule has 1 rings (SSSR count). The van der Waals surface area contributed by atoms with Gasteiger partial charge in [-0.2, -0.15) is 0 Å². The van der Waals surface area contributed by atoms with Gasteiger partial charge in [0.25, 0.3) is 5.69 Å². The standard InChI is InChI=1S/C5H5BrN2O3/c1-3-5(4(9)2-6)8(10)11-7-3/h2H2,1H3. The van der Waals surface area contributed by atoms with Crippen LogP contribution in [-0.2, 0) is 0 Å². The fraction of sp³-hybridized carbons (Fsp3) is 0.400. The molecule has 0 saturated carbocycles. The quantitative estimate of drug-likeness (QED) is 0.406. The number of carbonyl (C=O) groups is 1. The Balaban J connectivity index is 3.10. The Morgan fingerprint density at radius 3 is 2.91 bits per heavy atom. The van der Waals surface area contributed by atoms with Crippen LogP contribution in [0.15, 0.2) is 4.63 Å². The van der Waals surface area contributed by atoms with E-state index in [-0.39, 0.29) is 21.7 Å². The average molecular weight is 221 g/mol. The number of ketones is 1. The molecule has 0 aromatic carbocycles. The summed E-state index contributed by atoms with van der Waals surface area (Å²) in [5.41, 5.74) is 0.270. The molecule has 0 radical (unpaired) electrons. The molecular formula is C5H5BrN2O3. The van der Waals surface area contributed by atoms with Gasteiger partial charge in [0.05, 0.1) is 5.33 Å². The smallest absolute Gasteiger partial charge is 0.264 e. The molecule has 0 aliphatic carbocycles. The van der Waals surface area contributed by atoms with Gasteiger partial charge >= 0.3 is 0 Å². The molecule has 0 aliphatic rings. The Bertz CT molecular complexity index is 264. The minimum absolute atomic E-state index is 0.0399. The fourth-order valence-electron chi connectivity index (χ4n) is 0.681. The first-order valence-electron chi connectivity index (χ1n) is 2.82. The summed E-state index contributed by atoms with van der Waals surface area (Å²) in [5.74, 6) is -0.334. The number of aryl methyl sites for hydroxylation is 1. The van der Waals surface area contributed by atoms with Crippen LogP contribution < -0.4 is 4.90 Å². The molecule has 0 atom stereocenters. The highest BCUT2D eigenvalue weighted by molar-refractivity contribution is 9.09. The maximum atomic E-state index is 10.9. The number of halogens is 1. The summed E-state index contributed by atoms with van der Waals surface area (Å²) < 4.78 is 4.19. The molecule has 11 heavy (non-hydrogen) atoms. The van der Waals surface area contributed by atoms with Crippen LogP contribution >= 0.6 is 15.9 Å². The van der Waals surface area contributed by atoms with Crippen molar-refractivity contribution in [2.75, 3.05) is 5.33 Å². The number of hydrogen-bond donors (Lipinski definition) is 0. The molecule has 1 aromatic rings. The van der Waals surface area contributed by atoms with Crippen molar-refractivity contribution in [2.45, 2.75) is 6.92 Å². The Labute approximate surface area is 70.6 Å². The van der Waals surface area contributed by atoms with Gasteiger partial charge in [0.2, 0.25) is 11.5 Å². The number of alkyl halides is 1. The maximum absolute atomic E-state index is 10.9. The molecule has 0 fully saturated rings. The number of aromatic nitrogens is 2. The first-order chi connectivity index (χ1) is 5.16. The van der Waals surface area contributed by atoms with E-state index in [4.69, 9.17) is 0 Å². The SMILES string of the molecule is Cc1no[n+]([O-])c1C(=O)CBr. The van der Waals surface area contributed by atoms with Crippen LogP contribution in [0, 0.1) is 12.1 Å². The summed E-state index contributed by atoms with van der Waals surface area (Å²) in [6, 6.07) is 0. The van der Waals surface area contributed by atoms with E-state index in [2.05, 4.69) is 25.7 Å². The molecule has 0 saturated heterocycles. The van der Waals surface area contributed by atoms with Crippen molar-refractivity contribution in [3.05, 3.63) is 16.6 Å². The highest BCUT2D eigenvalue weighted by Gasteiger charge is 2.21. The van der Waals surface area contributed by atoms with Crippen LogP contribution in [0.3, 0.4) is 0 Å². The van der Waals surface area contributed by atoms with Crippen LogP contribution in [-0.4, -0.2) is 16.3 Å².